The second kappa shape index (κ2) is 8.02. The van der Waals surface area contributed by atoms with Crippen molar-refractivity contribution >= 4 is 0 Å². The van der Waals surface area contributed by atoms with Gasteiger partial charge in [-0.3, -0.25) is 10.1 Å². The van der Waals surface area contributed by atoms with Crippen LogP contribution >= 0.6 is 0 Å². The minimum absolute atomic E-state index is 0.185. The van der Waals surface area contributed by atoms with Gasteiger partial charge in [0.2, 0.25) is 0 Å². The Bertz CT molecular complexity index is 1290. The lowest BCUT2D eigenvalue weighted by Gasteiger charge is -2.16. The van der Waals surface area contributed by atoms with Crippen molar-refractivity contribution in [3.05, 3.63) is 65.9 Å². The lowest BCUT2D eigenvalue weighted by atomic mass is 9.90. The topological polar surface area (TPSA) is 81.5 Å². The Labute approximate surface area is 187 Å². The molecule has 7 nitrogen and oxygen atoms in total. The molecular formula is C23H21F3N6O. The van der Waals surface area contributed by atoms with Crippen molar-refractivity contribution in [1.82, 2.24) is 29.9 Å². The molecule has 0 unspecified atom stereocenters. The first-order valence-corrected chi connectivity index (χ1v) is 10.5. The summed E-state index contributed by atoms with van der Waals surface area (Å²) in [6.07, 6.45) is 0.402. The van der Waals surface area contributed by atoms with Gasteiger partial charge in [-0.05, 0) is 29.7 Å². The first-order chi connectivity index (χ1) is 15.8. The molecule has 1 aromatic carbocycles. The lowest BCUT2D eigenvalue weighted by Crippen LogP contribution is -2.11. The van der Waals surface area contributed by atoms with Gasteiger partial charge in [0.25, 0.3) is 0 Å². The van der Waals surface area contributed by atoms with Gasteiger partial charge in [-0.15, -0.1) is 5.10 Å². The van der Waals surface area contributed by atoms with Crippen molar-refractivity contribution in [2.45, 2.75) is 38.4 Å². The molecule has 0 spiro atoms. The molecule has 3 aromatic heterocycles. The molecular weight excluding hydrogens is 433 g/mol. The number of pyridine rings is 1. The molecule has 4 heterocycles. The average molecular weight is 454 g/mol. The predicted octanol–water partition coefficient (Wildman–Crippen LogP) is 5.05. The molecule has 0 bridgehead atoms. The molecule has 0 saturated carbocycles. The summed E-state index contributed by atoms with van der Waals surface area (Å²) in [5.41, 5.74) is 2.51. The maximum atomic E-state index is 13.2. The van der Waals surface area contributed by atoms with Crippen LogP contribution in [0.1, 0.15) is 42.5 Å². The van der Waals surface area contributed by atoms with E-state index in [0.29, 0.717) is 30.5 Å². The van der Waals surface area contributed by atoms with Crippen molar-refractivity contribution in [3.63, 3.8) is 0 Å². The molecule has 4 aromatic rings. The van der Waals surface area contributed by atoms with E-state index in [9.17, 15) is 13.2 Å². The van der Waals surface area contributed by atoms with E-state index in [4.69, 9.17) is 4.74 Å². The zero-order chi connectivity index (χ0) is 23.2. The van der Waals surface area contributed by atoms with E-state index in [1.165, 1.54) is 29.5 Å². The Morgan fingerprint density at radius 3 is 2.82 bits per heavy atom. The summed E-state index contributed by atoms with van der Waals surface area (Å²) in [4.78, 5) is 8.72. The Morgan fingerprint density at radius 2 is 2.03 bits per heavy atom. The zero-order valence-electron chi connectivity index (χ0n) is 18.0. The normalized spacial score (nSPS) is 15.6. The highest BCUT2D eigenvalue weighted by Gasteiger charge is 2.37. The van der Waals surface area contributed by atoms with Gasteiger partial charge in [-0.25, -0.2) is 4.98 Å². The maximum Gasteiger partial charge on any atom is 0.435 e. The minimum Gasteiger partial charge on any atom is -0.493 e. The standard InChI is InChI=1S/C23H21F3N6O/c1-13(2)16-4-3-5-19-20(16)15(11-33-19)9-32-10-18(28-12-32)17-8-14(6-7-27-17)21-22(23(24,25)26)30-31-29-21/h3-8,10,12-13,15H,9,11H2,1-2H3,(H,29,30,31)/t15-/m0/s1. The number of rotatable bonds is 5. The first-order valence-electron chi connectivity index (χ1n) is 10.5. The van der Waals surface area contributed by atoms with Gasteiger partial charge < -0.3 is 9.30 Å². The molecule has 1 atom stereocenters. The van der Waals surface area contributed by atoms with Crippen LogP contribution in [0.2, 0.25) is 0 Å². The van der Waals surface area contributed by atoms with Crippen LogP contribution in [-0.2, 0) is 12.7 Å². The van der Waals surface area contributed by atoms with Crippen LogP contribution in [0.5, 0.6) is 5.75 Å². The van der Waals surface area contributed by atoms with Gasteiger partial charge in [0.15, 0.2) is 5.69 Å². The van der Waals surface area contributed by atoms with Crippen molar-refractivity contribution in [1.29, 1.82) is 0 Å². The van der Waals surface area contributed by atoms with Crippen LogP contribution in [0.3, 0.4) is 0 Å². The summed E-state index contributed by atoms with van der Waals surface area (Å²) in [6.45, 7) is 5.59. The van der Waals surface area contributed by atoms with Crippen molar-refractivity contribution in [2.75, 3.05) is 6.61 Å². The van der Waals surface area contributed by atoms with Gasteiger partial charge >= 0.3 is 6.18 Å². The molecule has 10 heteroatoms. The van der Waals surface area contributed by atoms with Crippen LogP contribution in [-0.4, -0.2) is 36.6 Å². The van der Waals surface area contributed by atoms with Crippen molar-refractivity contribution in [2.24, 2.45) is 0 Å². The smallest absolute Gasteiger partial charge is 0.435 e. The number of halogens is 3. The third-order valence-electron chi connectivity index (χ3n) is 5.76. The number of ether oxygens (including phenoxy) is 1. The maximum absolute atomic E-state index is 13.2. The number of hydrogen-bond acceptors (Lipinski definition) is 5. The monoisotopic (exact) mass is 454 g/mol. The molecule has 33 heavy (non-hydrogen) atoms. The number of alkyl halides is 3. The van der Waals surface area contributed by atoms with Crippen LogP contribution < -0.4 is 4.74 Å². The Kier molecular flexibility index (Phi) is 5.15. The number of H-pyrrole nitrogens is 1. The second-order valence-electron chi connectivity index (χ2n) is 8.34. The van der Waals surface area contributed by atoms with Gasteiger partial charge in [0, 0.05) is 36.0 Å². The quantitative estimate of drug-likeness (QED) is 0.457. The fraction of sp³-hybridized carbons (Fsp3) is 0.304. The summed E-state index contributed by atoms with van der Waals surface area (Å²) in [7, 11) is 0. The molecule has 0 fully saturated rings. The van der Waals surface area contributed by atoms with Gasteiger partial charge in [-0.2, -0.15) is 13.2 Å². The Hall–Kier alpha value is -3.69. The van der Waals surface area contributed by atoms with Crippen molar-refractivity contribution < 1.29 is 17.9 Å². The first kappa shape index (κ1) is 21.2. The number of nitrogens with zero attached hydrogens (tertiary/aromatic N) is 5. The predicted molar refractivity (Wildman–Crippen MR) is 115 cm³/mol. The van der Waals surface area contributed by atoms with Gasteiger partial charge in [0.1, 0.15) is 17.1 Å². The molecule has 1 aliphatic rings. The highest BCUT2D eigenvalue weighted by Crippen LogP contribution is 2.40. The molecule has 170 valence electrons. The van der Waals surface area contributed by atoms with Gasteiger partial charge in [0.05, 0.1) is 18.6 Å². The van der Waals surface area contributed by atoms with E-state index < -0.39 is 11.9 Å². The van der Waals surface area contributed by atoms with Crippen LogP contribution in [0.25, 0.3) is 22.6 Å². The molecule has 5 rings (SSSR count). The third-order valence-corrected chi connectivity index (χ3v) is 5.76. The summed E-state index contributed by atoms with van der Waals surface area (Å²) in [5, 5.41) is 8.86. The summed E-state index contributed by atoms with van der Waals surface area (Å²) in [5.74, 6) is 1.49. The highest BCUT2D eigenvalue weighted by atomic mass is 19.4. The largest absolute Gasteiger partial charge is 0.493 e. The van der Waals surface area contributed by atoms with E-state index >= 15 is 0 Å². The van der Waals surface area contributed by atoms with Crippen molar-refractivity contribution in [3.8, 4) is 28.4 Å². The number of fused-ring (bicyclic) bond motifs is 1. The molecule has 1 aliphatic heterocycles. The van der Waals surface area contributed by atoms with E-state index in [1.807, 2.05) is 28.0 Å². The number of nitrogens with one attached hydrogen (secondary N) is 1. The second-order valence-corrected chi connectivity index (χ2v) is 8.34. The van der Waals surface area contributed by atoms with E-state index in [2.05, 4.69) is 40.2 Å². The molecule has 0 amide bonds. The zero-order valence-corrected chi connectivity index (χ0v) is 18.0. The third kappa shape index (κ3) is 3.96. The molecule has 1 N–H and O–H groups in total. The fourth-order valence-electron chi connectivity index (χ4n) is 4.24. The molecule has 0 radical (unpaired) electrons. The van der Waals surface area contributed by atoms with Gasteiger partial charge in [-0.1, -0.05) is 31.2 Å². The number of aromatic nitrogens is 6. The van der Waals surface area contributed by atoms with E-state index in [-0.39, 0.29) is 17.2 Å². The molecule has 0 aliphatic carbocycles. The minimum atomic E-state index is -4.58. The number of benzene rings is 1. The van der Waals surface area contributed by atoms with Crippen LogP contribution in [0, 0.1) is 0 Å². The average Bonchev–Trinajstić information content (AvgIpc) is 3.53. The summed E-state index contributed by atoms with van der Waals surface area (Å²) >= 11 is 0. The SMILES string of the molecule is CC(C)c1cccc2c1[C@@H](Cn1cnc(-c3cc(-c4nn[nH]c4C(F)(F)F)ccn3)c1)CO2. The van der Waals surface area contributed by atoms with Crippen LogP contribution in [0.15, 0.2) is 49.1 Å². The summed E-state index contributed by atoms with van der Waals surface area (Å²) < 4.78 is 47.5. The summed E-state index contributed by atoms with van der Waals surface area (Å²) in [6, 6.07) is 9.15. The van der Waals surface area contributed by atoms with E-state index in [1.54, 1.807) is 6.33 Å². The number of hydrogen-bond donors (Lipinski definition) is 1. The number of aromatic amines is 1. The fourth-order valence-corrected chi connectivity index (χ4v) is 4.24. The lowest BCUT2D eigenvalue weighted by molar-refractivity contribution is -0.140. The highest BCUT2D eigenvalue weighted by molar-refractivity contribution is 5.67. The Morgan fingerprint density at radius 1 is 1.18 bits per heavy atom. The van der Waals surface area contributed by atoms with Crippen LogP contribution in [0.4, 0.5) is 13.2 Å². The molecule has 0 saturated heterocycles. The number of imidazole rings is 1. The Balaban J connectivity index is 1.41. The van der Waals surface area contributed by atoms with E-state index in [0.717, 1.165) is 5.75 Å².